The minimum Gasteiger partial charge on any atom is -0.469 e. The van der Waals surface area contributed by atoms with Gasteiger partial charge in [-0.25, -0.2) is 0 Å². The van der Waals surface area contributed by atoms with E-state index in [0.29, 0.717) is 17.5 Å². The predicted octanol–water partition coefficient (Wildman–Crippen LogP) is 0.451. The number of ether oxygens (including phenoxy) is 1. The van der Waals surface area contributed by atoms with Gasteiger partial charge in [0.1, 0.15) is 0 Å². The fraction of sp³-hybridized carbons (Fsp3) is 0.400. The van der Waals surface area contributed by atoms with Crippen LogP contribution in [0.3, 0.4) is 0 Å². The Bertz CT molecular complexity index is 560. The molecular weight excluding hydrogens is 272 g/mol. The summed E-state index contributed by atoms with van der Waals surface area (Å²) < 4.78 is 4.54. The van der Waals surface area contributed by atoms with Gasteiger partial charge in [0.2, 0.25) is 0 Å². The molecule has 0 saturated carbocycles. The number of amides is 1. The molecule has 0 spiro atoms. The van der Waals surface area contributed by atoms with E-state index in [1.165, 1.54) is 24.4 Å². The second kappa shape index (κ2) is 8.72. The first-order chi connectivity index (χ1) is 10.1. The van der Waals surface area contributed by atoms with Crippen LogP contribution in [0.1, 0.15) is 28.8 Å². The summed E-state index contributed by atoms with van der Waals surface area (Å²) in [6.45, 7) is 0.229. The van der Waals surface area contributed by atoms with Crippen LogP contribution >= 0.6 is 0 Å². The molecule has 0 atom stereocenters. The van der Waals surface area contributed by atoms with Crippen LogP contribution in [0.15, 0.2) is 18.5 Å². The van der Waals surface area contributed by atoms with Gasteiger partial charge >= 0.3 is 5.97 Å². The highest BCUT2D eigenvalue weighted by atomic mass is 16.5. The standard InChI is InChI=1S/C15H18N2O4/c1-17(9-7-14(19)21-2)15(20)13-6-8-16-11-12(13)5-3-4-10-18/h6,8,11,18H,4,7,9-10H2,1-2H3. The van der Waals surface area contributed by atoms with E-state index in [4.69, 9.17) is 5.11 Å². The van der Waals surface area contributed by atoms with Gasteiger partial charge in [-0.15, -0.1) is 0 Å². The second-order valence-electron chi connectivity index (χ2n) is 4.25. The number of nitrogens with zero attached hydrogens (tertiary/aromatic N) is 2. The van der Waals surface area contributed by atoms with Crippen LogP contribution in [0.4, 0.5) is 0 Å². The van der Waals surface area contributed by atoms with Crippen molar-refractivity contribution in [3.05, 3.63) is 29.6 Å². The van der Waals surface area contributed by atoms with Crippen molar-refractivity contribution in [2.45, 2.75) is 12.8 Å². The molecule has 1 aromatic rings. The Hall–Kier alpha value is -2.39. The molecule has 21 heavy (non-hydrogen) atoms. The van der Waals surface area contributed by atoms with Gasteiger partial charge in [0.05, 0.1) is 31.3 Å². The molecule has 1 N–H and O–H groups in total. The number of pyridine rings is 1. The van der Waals surface area contributed by atoms with Crippen molar-refractivity contribution in [3.8, 4) is 11.8 Å². The minimum absolute atomic E-state index is 0.0322. The summed E-state index contributed by atoms with van der Waals surface area (Å²) in [5.74, 6) is 4.97. The van der Waals surface area contributed by atoms with Crippen molar-refractivity contribution in [1.29, 1.82) is 0 Å². The highest BCUT2D eigenvalue weighted by molar-refractivity contribution is 5.96. The fourth-order valence-corrected chi connectivity index (χ4v) is 1.56. The van der Waals surface area contributed by atoms with Crippen LogP contribution in [-0.4, -0.2) is 54.2 Å². The van der Waals surface area contributed by atoms with Gasteiger partial charge in [-0.3, -0.25) is 14.6 Å². The van der Waals surface area contributed by atoms with E-state index in [1.807, 2.05) is 0 Å². The highest BCUT2D eigenvalue weighted by Crippen LogP contribution is 2.09. The third-order valence-electron chi connectivity index (χ3n) is 2.74. The molecule has 0 radical (unpaired) electrons. The lowest BCUT2D eigenvalue weighted by Crippen LogP contribution is -2.29. The van der Waals surface area contributed by atoms with E-state index in [2.05, 4.69) is 21.6 Å². The SMILES string of the molecule is COC(=O)CCN(C)C(=O)c1ccncc1C#CCCO. The predicted molar refractivity (Wildman–Crippen MR) is 76.4 cm³/mol. The van der Waals surface area contributed by atoms with Gasteiger partial charge in [-0.1, -0.05) is 11.8 Å². The Morgan fingerprint density at radius 2 is 2.24 bits per heavy atom. The molecule has 0 unspecified atom stereocenters. The topological polar surface area (TPSA) is 79.7 Å². The molecular formula is C15H18N2O4. The molecule has 0 fully saturated rings. The van der Waals surface area contributed by atoms with E-state index < -0.39 is 0 Å². The Kier molecular flexibility index (Phi) is 6.92. The lowest BCUT2D eigenvalue weighted by Gasteiger charge is -2.17. The van der Waals surface area contributed by atoms with E-state index in [9.17, 15) is 9.59 Å². The van der Waals surface area contributed by atoms with Crippen LogP contribution in [0.5, 0.6) is 0 Å². The molecule has 0 aliphatic rings. The summed E-state index contributed by atoms with van der Waals surface area (Å²) in [6.07, 6.45) is 3.49. The number of hydrogen-bond donors (Lipinski definition) is 1. The quantitative estimate of drug-likeness (QED) is 0.629. The molecule has 1 heterocycles. The zero-order valence-electron chi connectivity index (χ0n) is 12.1. The summed E-state index contributed by atoms with van der Waals surface area (Å²) >= 11 is 0. The van der Waals surface area contributed by atoms with E-state index in [0.717, 1.165) is 0 Å². The van der Waals surface area contributed by atoms with E-state index in [1.54, 1.807) is 13.1 Å². The maximum Gasteiger partial charge on any atom is 0.307 e. The number of rotatable bonds is 5. The molecule has 0 bridgehead atoms. The third-order valence-corrected chi connectivity index (χ3v) is 2.74. The number of aromatic nitrogens is 1. The number of hydrogen-bond acceptors (Lipinski definition) is 5. The molecule has 0 saturated heterocycles. The summed E-state index contributed by atoms with van der Waals surface area (Å²) in [4.78, 5) is 28.8. The third kappa shape index (κ3) is 5.24. The fourth-order valence-electron chi connectivity index (χ4n) is 1.56. The zero-order chi connectivity index (χ0) is 15.7. The number of esters is 1. The minimum atomic E-state index is -0.368. The summed E-state index contributed by atoms with van der Waals surface area (Å²) in [6, 6.07) is 1.58. The van der Waals surface area contributed by atoms with Gasteiger partial charge in [0.25, 0.3) is 5.91 Å². The Morgan fingerprint density at radius 1 is 1.48 bits per heavy atom. The molecule has 1 amide bonds. The van der Waals surface area contributed by atoms with Gasteiger partial charge in [0.15, 0.2) is 0 Å². The maximum absolute atomic E-state index is 12.3. The van der Waals surface area contributed by atoms with Gasteiger partial charge in [0, 0.05) is 32.4 Å². The molecule has 6 heteroatoms. The van der Waals surface area contributed by atoms with Crippen molar-refractivity contribution in [2.24, 2.45) is 0 Å². The van der Waals surface area contributed by atoms with Gasteiger partial charge in [-0.2, -0.15) is 0 Å². The van der Waals surface area contributed by atoms with Crippen LogP contribution in [-0.2, 0) is 9.53 Å². The van der Waals surface area contributed by atoms with Crippen molar-refractivity contribution >= 4 is 11.9 Å². The largest absolute Gasteiger partial charge is 0.469 e. The zero-order valence-corrected chi connectivity index (χ0v) is 12.1. The summed E-state index contributed by atoms with van der Waals surface area (Å²) in [5.41, 5.74) is 0.920. The van der Waals surface area contributed by atoms with E-state index >= 15 is 0 Å². The summed E-state index contributed by atoms with van der Waals surface area (Å²) in [7, 11) is 2.92. The molecule has 0 aromatic carbocycles. The first-order valence-corrected chi connectivity index (χ1v) is 6.46. The van der Waals surface area contributed by atoms with Crippen LogP contribution < -0.4 is 0 Å². The Balaban J connectivity index is 2.82. The van der Waals surface area contributed by atoms with Crippen molar-refractivity contribution in [1.82, 2.24) is 9.88 Å². The molecule has 1 rings (SSSR count). The maximum atomic E-state index is 12.3. The molecule has 6 nitrogen and oxygen atoms in total. The smallest absolute Gasteiger partial charge is 0.307 e. The van der Waals surface area contributed by atoms with Crippen molar-refractivity contribution < 1.29 is 19.4 Å². The average molecular weight is 290 g/mol. The Morgan fingerprint density at radius 3 is 2.90 bits per heavy atom. The number of aliphatic hydroxyl groups is 1. The van der Waals surface area contributed by atoms with Crippen LogP contribution in [0, 0.1) is 11.8 Å². The number of aliphatic hydroxyl groups excluding tert-OH is 1. The average Bonchev–Trinajstić information content (AvgIpc) is 2.52. The lowest BCUT2D eigenvalue weighted by molar-refractivity contribution is -0.140. The first-order valence-electron chi connectivity index (χ1n) is 6.46. The highest BCUT2D eigenvalue weighted by Gasteiger charge is 2.16. The second-order valence-corrected chi connectivity index (χ2v) is 4.25. The Labute approximate surface area is 123 Å². The van der Waals surface area contributed by atoms with Crippen LogP contribution in [0.25, 0.3) is 0 Å². The monoisotopic (exact) mass is 290 g/mol. The summed E-state index contributed by atoms with van der Waals surface area (Å²) in [5, 5.41) is 8.72. The van der Waals surface area contributed by atoms with Crippen molar-refractivity contribution in [3.63, 3.8) is 0 Å². The number of carbonyl (C=O) groups is 2. The van der Waals surface area contributed by atoms with Gasteiger partial charge < -0.3 is 14.7 Å². The number of carbonyl (C=O) groups excluding carboxylic acids is 2. The molecule has 112 valence electrons. The van der Waals surface area contributed by atoms with Gasteiger partial charge in [-0.05, 0) is 6.07 Å². The lowest BCUT2D eigenvalue weighted by atomic mass is 10.1. The van der Waals surface area contributed by atoms with Crippen molar-refractivity contribution in [2.75, 3.05) is 27.3 Å². The molecule has 1 aromatic heterocycles. The normalized spacial score (nSPS) is 9.48. The van der Waals surface area contributed by atoms with Crippen LogP contribution in [0.2, 0.25) is 0 Å². The van der Waals surface area contributed by atoms with E-state index in [-0.39, 0.29) is 31.4 Å². The molecule has 0 aliphatic heterocycles. The first kappa shape index (κ1) is 16.7. The number of methoxy groups -OCH3 is 1. The molecule has 0 aliphatic carbocycles.